The molecule has 1 heterocycles. The van der Waals surface area contributed by atoms with Gasteiger partial charge in [0.2, 0.25) is 0 Å². The summed E-state index contributed by atoms with van der Waals surface area (Å²) in [4.78, 5) is 53.3. The van der Waals surface area contributed by atoms with Gasteiger partial charge in [-0.3, -0.25) is 14.4 Å². The van der Waals surface area contributed by atoms with Crippen molar-refractivity contribution in [1.29, 1.82) is 0 Å². The van der Waals surface area contributed by atoms with Crippen molar-refractivity contribution in [3.8, 4) is 0 Å². The molecule has 1 aliphatic heterocycles. The fourth-order valence-corrected chi connectivity index (χ4v) is 8.39. The number of rotatable bonds is 10. The molecule has 2 saturated carbocycles. The summed E-state index contributed by atoms with van der Waals surface area (Å²) in [5.41, 5.74) is -2.96. The van der Waals surface area contributed by atoms with E-state index in [2.05, 4.69) is 0 Å². The summed E-state index contributed by atoms with van der Waals surface area (Å²) >= 11 is 0. The molecule has 1 saturated heterocycles. The van der Waals surface area contributed by atoms with Crippen molar-refractivity contribution in [2.75, 3.05) is 7.11 Å². The molecule has 1 aromatic carbocycles. The Morgan fingerprint density at radius 3 is 2.55 bits per heavy atom. The first kappa shape index (κ1) is 35.3. The van der Waals surface area contributed by atoms with E-state index in [-0.39, 0.29) is 36.6 Å². The summed E-state index contributed by atoms with van der Waals surface area (Å²) in [7, 11) is 1.53. The fraction of sp³-hybridized carbons (Fsp3) is 0.622. The van der Waals surface area contributed by atoms with Crippen LogP contribution in [0.1, 0.15) is 78.2 Å². The predicted octanol–water partition coefficient (Wildman–Crippen LogP) is 4.15. The number of hydrogen-bond acceptors (Lipinski definition) is 10. The lowest BCUT2D eigenvalue weighted by Crippen LogP contribution is -2.60. The summed E-state index contributed by atoms with van der Waals surface area (Å²) in [6.45, 7) is 6.73. The van der Waals surface area contributed by atoms with Crippen molar-refractivity contribution in [1.82, 2.24) is 0 Å². The van der Waals surface area contributed by atoms with E-state index in [9.17, 15) is 29.4 Å². The van der Waals surface area contributed by atoms with E-state index < -0.39 is 71.0 Å². The average Bonchev–Trinajstić information content (AvgIpc) is 3.35. The van der Waals surface area contributed by atoms with Crippen molar-refractivity contribution in [3.05, 3.63) is 54.1 Å². The van der Waals surface area contributed by atoms with Gasteiger partial charge in [0, 0.05) is 49.7 Å². The number of ketones is 3. The Morgan fingerprint density at radius 2 is 1.87 bits per heavy atom. The summed E-state index contributed by atoms with van der Waals surface area (Å²) in [6.07, 6.45) is 3.93. The highest BCUT2D eigenvalue weighted by Crippen LogP contribution is 2.56. The monoisotopic (exact) mass is 652 g/mol. The van der Waals surface area contributed by atoms with E-state index in [4.69, 9.17) is 18.9 Å². The first-order valence-corrected chi connectivity index (χ1v) is 16.7. The van der Waals surface area contributed by atoms with Crippen LogP contribution in [0.5, 0.6) is 0 Å². The van der Waals surface area contributed by atoms with Crippen LogP contribution in [0.15, 0.2) is 48.6 Å². The maximum Gasteiger partial charge on any atom is 0.331 e. The minimum atomic E-state index is -1.45. The van der Waals surface area contributed by atoms with Crippen molar-refractivity contribution >= 4 is 29.4 Å². The molecule has 3 aliphatic carbocycles. The van der Waals surface area contributed by atoms with E-state index in [1.165, 1.54) is 32.3 Å². The highest BCUT2D eigenvalue weighted by Gasteiger charge is 2.61. The van der Waals surface area contributed by atoms with Gasteiger partial charge in [-0.05, 0) is 70.2 Å². The normalized spacial score (nSPS) is 39.5. The van der Waals surface area contributed by atoms with Crippen molar-refractivity contribution < 1.29 is 48.3 Å². The number of fused-ring (bicyclic) bond motifs is 1. The second-order valence-electron chi connectivity index (χ2n) is 14.2. The molecule has 4 aliphatic rings. The Bertz CT molecular complexity index is 1400. The summed E-state index contributed by atoms with van der Waals surface area (Å²) in [6, 6.07) is 9.23. The standard InChI is InChI=1S/C37H48O10/c1-22(38)26-12-13-30(40)36(26,4)31(47-32(41)14-11-24-9-7-6-8-10-24)19-27-28(39)16-18-37(43)21-25(15-17-35(27,37)3)46-33-20-29(44-5)34(42)23(2)45-33/h6-11,14,16,18,23,25-27,29,31,33-34,42-43H,12-13,15,17,19-21H2,1-5H3. The largest absolute Gasteiger partial charge is 0.458 e. The molecule has 11 atom stereocenters. The van der Waals surface area contributed by atoms with Crippen molar-refractivity contribution in [2.45, 2.75) is 115 Å². The highest BCUT2D eigenvalue weighted by molar-refractivity contribution is 5.97. The second kappa shape index (κ2) is 13.8. The van der Waals surface area contributed by atoms with Gasteiger partial charge in [0.15, 0.2) is 12.1 Å². The molecule has 0 bridgehead atoms. The molecule has 11 unspecified atom stereocenters. The molecular formula is C37H48O10. The van der Waals surface area contributed by atoms with Crippen LogP contribution in [0.3, 0.4) is 0 Å². The molecule has 256 valence electrons. The lowest BCUT2D eigenvalue weighted by atomic mass is 9.52. The summed E-state index contributed by atoms with van der Waals surface area (Å²) in [5.74, 6) is -2.72. The molecule has 10 heteroatoms. The van der Waals surface area contributed by atoms with Crippen LogP contribution >= 0.6 is 0 Å². The molecule has 2 N–H and O–H groups in total. The van der Waals surface area contributed by atoms with Gasteiger partial charge in [-0.1, -0.05) is 37.3 Å². The van der Waals surface area contributed by atoms with E-state index in [1.54, 1.807) is 19.9 Å². The van der Waals surface area contributed by atoms with Crippen LogP contribution in [0.25, 0.3) is 6.08 Å². The maximum atomic E-state index is 13.7. The number of aliphatic hydroxyl groups is 2. The first-order valence-electron chi connectivity index (χ1n) is 16.7. The zero-order chi connectivity index (χ0) is 34.1. The number of benzene rings is 1. The number of Topliss-reactive ketones (excluding diaryl/α,β-unsaturated/α-hetero) is 2. The third-order valence-corrected chi connectivity index (χ3v) is 11.5. The van der Waals surface area contributed by atoms with Crippen molar-refractivity contribution in [3.63, 3.8) is 0 Å². The smallest absolute Gasteiger partial charge is 0.331 e. The van der Waals surface area contributed by atoms with Crippen LogP contribution in [0.2, 0.25) is 0 Å². The Kier molecular flexibility index (Phi) is 10.4. The Labute approximate surface area is 276 Å². The van der Waals surface area contributed by atoms with Crippen LogP contribution in [0, 0.1) is 22.7 Å². The van der Waals surface area contributed by atoms with Crippen LogP contribution in [-0.4, -0.2) is 83.1 Å². The van der Waals surface area contributed by atoms with Gasteiger partial charge in [0.05, 0.1) is 29.3 Å². The fourth-order valence-electron chi connectivity index (χ4n) is 8.39. The lowest BCUT2D eigenvalue weighted by Gasteiger charge is -2.55. The molecule has 47 heavy (non-hydrogen) atoms. The summed E-state index contributed by atoms with van der Waals surface area (Å²) in [5, 5.41) is 22.5. The number of carbonyl (C=O) groups excluding carboxylic acids is 4. The lowest BCUT2D eigenvalue weighted by molar-refractivity contribution is -0.275. The number of aliphatic hydroxyl groups excluding tert-OH is 1. The number of esters is 1. The van der Waals surface area contributed by atoms with E-state index in [0.717, 1.165) is 5.56 Å². The number of ether oxygens (including phenoxy) is 4. The number of hydrogen-bond donors (Lipinski definition) is 2. The quantitative estimate of drug-likeness (QED) is 0.279. The first-order chi connectivity index (χ1) is 22.2. The molecule has 0 aromatic heterocycles. The molecule has 10 nitrogen and oxygen atoms in total. The molecule has 1 aromatic rings. The van der Waals surface area contributed by atoms with Crippen LogP contribution in [0.4, 0.5) is 0 Å². The minimum Gasteiger partial charge on any atom is -0.458 e. The van der Waals surface area contributed by atoms with Gasteiger partial charge in [-0.25, -0.2) is 4.79 Å². The highest BCUT2D eigenvalue weighted by atomic mass is 16.7. The number of methoxy groups -OCH3 is 1. The Balaban J connectivity index is 1.39. The zero-order valence-electron chi connectivity index (χ0n) is 27.9. The van der Waals surface area contributed by atoms with Crippen LogP contribution < -0.4 is 0 Å². The maximum absolute atomic E-state index is 13.7. The van der Waals surface area contributed by atoms with Gasteiger partial charge < -0.3 is 29.2 Å². The minimum absolute atomic E-state index is 0.0267. The molecule has 0 spiro atoms. The van der Waals surface area contributed by atoms with Crippen molar-refractivity contribution in [2.24, 2.45) is 22.7 Å². The third kappa shape index (κ3) is 6.81. The third-order valence-electron chi connectivity index (χ3n) is 11.5. The molecular weight excluding hydrogens is 604 g/mol. The predicted molar refractivity (Wildman–Crippen MR) is 172 cm³/mol. The van der Waals surface area contributed by atoms with Gasteiger partial charge in [-0.15, -0.1) is 0 Å². The van der Waals surface area contributed by atoms with Gasteiger partial charge in [0.1, 0.15) is 23.8 Å². The second-order valence-corrected chi connectivity index (χ2v) is 14.2. The molecule has 0 amide bonds. The Morgan fingerprint density at radius 1 is 1.15 bits per heavy atom. The topological polar surface area (TPSA) is 146 Å². The Hall–Kier alpha value is -3.02. The number of allylic oxidation sites excluding steroid dienone is 1. The van der Waals surface area contributed by atoms with Gasteiger partial charge >= 0.3 is 5.97 Å². The number of carbonyl (C=O) groups is 4. The van der Waals surface area contributed by atoms with E-state index >= 15 is 0 Å². The molecule has 5 rings (SSSR count). The van der Waals surface area contributed by atoms with Crippen LogP contribution in [-0.2, 0) is 38.1 Å². The molecule has 0 radical (unpaired) electrons. The SMILES string of the molecule is COC1CC(OC2CCC3(C)C(CC(OC(=O)C=Cc4ccccc4)C4(C)C(=O)CCC4C(C)=O)C(=O)C=CC3(O)C2)OC(C)C1O. The van der Waals surface area contributed by atoms with E-state index in [1.807, 2.05) is 37.3 Å². The summed E-state index contributed by atoms with van der Waals surface area (Å²) < 4.78 is 23.7. The van der Waals surface area contributed by atoms with E-state index in [0.29, 0.717) is 25.7 Å². The zero-order valence-corrected chi connectivity index (χ0v) is 27.9. The van der Waals surface area contributed by atoms with Gasteiger partial charge in [-0.2, -0.15) is 0 Å². The molecule has 3 fully saturated rings. The van der Waals surface area contributed by atoms with Gasteiger partial charge in [0.25, 0.3) is 0 Å². The average molecular weight is 653 g/mol.